The number of nitrogens with one attached hydrogen (secondary N) is 1. The number of aryl methyl sites for hydroxylation is 1. The first-order valence-electron chi connectivity index (χ1n) is 8.09. The first-order chi connectivity index (χ1) is 10.5. The van der Waals surface area contributed by atoms with Gasteiger partial charge in [-0.2, -0.15) is 0 Å². The summed E-state index contributed by atoms with van der Waals surface area (Å²) >= 11 is 0. The number of hydrogen-bond acceptors (Lipinski definition) is 2. The molecule has 0 aliphatic rings. The quantitative estimate of drug-likeness (QED) is 0.826. The standard InChI is InChI=1S/C20H28N2/c1-16(2)22(4)15-20-10-6-9-19(12-20)14-21-13-18-8-5-7-17(3)11-18/h5-12,16,21H,13-15H2,1-4H3. The van der Waals surface area contributed by atoms with E-state index in [-0.39, 0.29) is 0 Å². The molecule has 0 fully saturated rings. The van der Waals surface area contributed by atoms with Gasteiger partial charge in [0.15, 0.2) is 0 Å². The van der Waals surface area contributed by atoms with E-state index in [9.17, 15) is 0 Å². The lowest BCUT2D eigenvalue weighted by atomic mass is 10.1. The third-order valence-corrected chi connectivity index (χ3v) is 4.05. The zero-order valence-electron chi connectivity index (χ0n) is 14.3. The van der Waals surface area contributed by atoms with Crippen molar-refractivity contribution in [1.29, 1.82) is 0 Å². The molecule has 0 atom stereocenters. The van der Waals surface area contributed by atoms with Crippen LogP contribution in [-0.2, 0) is 19.6 Å². The predicted octanol–water partition coefficient (Wildman–Crippen LogP) is 4.13. The van der Waals surface area contributed by atoms with Crippen molar-refractivity contribution in [2.75, 3.05) is 7.05 Å². The summed E-state index contributed by atoms with van der Waals surface area (Å²) in [5, 5.41) is 3.53. The average molecular weight is 296 g/mol. The molecule has 0 saturated carbocycles. The topological polar surface area (TPSA) is 15.3 Å². The summed E-state index contributed by atoms with van der Waals surface area (Å²) in [6, 6.07) is 18.1. The molecule has 0 bridgehead atoms. The number of benzene rings is 2. The van der Waals surface area contributed by atoms with Crippen LogP contribution in [0.3, 0.4) is 0 Å². The molecule has 0 aliphatic carbocycles. The highest BCUT2D eigenvalue weighted by Crippen LogP contribution is 2.10. The Morgan fingerprint density at radius 2 is 1.50 bits per heavy atom. The Kier molecular flexibility index (Phi) is 6.17. The Balaban J connectivity index is 1.88. The highest BCUT2D eigenvalue weighted by atomic mass is 15.1. The number of nitrogens with zero attached hydrogens (tertiary/aromatic N) is 1. The van der Waals surface area contributed by atoms with Gasteiger partial charge >= 0.3 is 0 Å². The SMILES string of the molecule is Cc1cccc(CNCc2cccc(CN(C)C(C)C)c2)c1. The molecule has 2 aromatic rings. The molecule has 0 radical (unpaired) electrons. The van der Waals surface area contributed by atoms with Gasteiger partial charge in [0, 0.05) is 25.7 Å². The maximum atomic E-state index is 3.53. The second-order valence-corrected chi connectivity index (χ2v) is 6.42. The summed E-state index contributed by atoms with van der Waals surface area (Å²) in [5.41, 5.74) is 5.39. The van der Waals surface area contributed by atoms with E-state index in [0.29, 0.717) is 6.04 Å². The van der Waals surface area contributed by atoms with E-state index >= 15 is 0 Å². The van der Waals surface area contributed by atoms with Crippen LogP contribution in [0.5, 0.6) is 0 Å². The predicted molar refractivity (Wildman–Crippen MR) is 94.8 cm³/mol. The van der Waals surface area contributed by atoms with E-state index in [0.717, 1.165) is 19.6 Å². The van der Waals surface area contributed by atoms with Gasteiger partial charge in [0.1, 0.15) is 0 Å². The normalized spacial score (nSPS) is 11.4. The fraction of sp³-hybridized carbons (Fsp3) is 0.400. The lowest BCUT2D eigenvalue weighted by Crippen LogP contribution is -2.25. The van der Waals surface area contributed by atoms with Crippen LogP contribution in [0.25, 0.3) is 0 Å². The summed E-state index contributed by atoms with van der Waals surface area (Å²) in [7, 11) is 2.17. The van der Waals surface area contributed by atoms with Crippen molar-refractivity contribution < 1.29 is 0 Å². The van der Waals surface area contributed by atoms with E-state index in [2.05, 4.69) is 86.6 Å². The summed E-state index contributed by atoms with van der Waals surface area (Å²) in [5.74, 6) is 0. The molecule has 0 spiro atoms. The van der Waals surface area contributed by atoms with Crippen LogP contribution < -0.4 is 5.32 Å². The smallest absolute Gasteiger partial charge is 0.0233 e. The Morgan fingerprint density at radius 1 is 0.909 bits per heavy atom. The van der Waals surface area contributed by atoms with Crippen LogP contribution in [0.15, 0.2) is 48.5 Å². The van der Waals surface area contributed by atoms with Crippen molar-refractivity contribution >= 4 is 0 Å². The Bertz CT molecular complexity index is 590. The number of rotatable bonds is 7. The maximum absolute atomic E-state index is 3.53. The molecule has 0 unspecified atom stereocenters. The van der Waals surface area contributed by atoms with Gasteiger partial charge in [0.2, 0.25) is 0 Å². The molecule has 118 valence electrons. The highest BCUT2D eigenvalue weighted by molar-refractivity contribution is 5.24. The lowest BCUT2D eigenvalue weighted by molar-refractivity contribution is 0.266. The molecule has 0 saturated heterocycles. The second-order valence-electron chi connectivity index (χ2n) is 6.42. The van der Waals surface area contributed by atoms with Gasteiger partial charge in [-0.15, -0.1) is 0 Å². The van der Waals surface area contributed by atoms with Gasteiger partial charge < -0.3 is 5.32 Å². The van der Waals surface area contributed by atoms with E-state index in [1.54, 1.807) is 0 Å². The third kappa shape index (κ3) is 5.28. The molecular formula is C20H28N2. The molecule has 0 heterocycles. The Labute approximate surface area is 135 Å². The van der Waals surface area contributed by atoms with Crippen molar-refractivity contribution in [2.45, 2.75) is 46.4 Å². The monoisotopic (exact) mass is 296 g/mol. The molecule has 2 rings (SSSR count). The first kappa shape index (κ1) is 16.7. The fourth-order valence-electron chi connectivity index (χ4n) is 2.48. The van der Waals surface area contributed by atoms with Crippen LogP contribution in [0.4, 0.5) is 0 Å². The Morgan fingerprint density at radius 3 is 2.14 bits per heavy atom. The molecule has 0 amide bonds. The molecule has 2 aromatic carbocycles. The summed E-state index contributed by atoms with van der Waals surface area (Å²) < 4.78 is 0. The highest BCUT2D eigenvalue weighted by Gasteiger charge is 2.04. The van der Waals surface area contributed by atoms with Gasteiger partial charge in [0.25, 0.3) is 0 Å². The summed E-state index contributed by atoms with van der Waals surface area (Å²) in [4.78, 5) is 2.36. The van der Waals surface area contributed by atoms with Crippen molar-refractivity contribution in [3.05, 3.63) is 70.8 Å². The van der Waals surface area contributed by atoms with Crippen molar-refractivity contribution in [3.8, 4) is 0 Å². The molecule has 2 heteroatoms. The van der Waals surface area contributed by atoms with Crippen LogP contribution in [0, 0.1) is 6.92 Å². The van der Waals surface area contributed by atoms with E-state index in [1.807, 2.05) is 0 Å². The van der Waals surface area contributed by atoms with Crippen molar-refractivity contribution in [3.63, 3.8) is 0 Å². The van der Waals surface area contributed by atoms with Crippen molar-refractivity contribution in [2.24, 2.45) is 0 Å². The third-order valence-electron chi connectivity index (χ3n) is 4.05. The minimum absolute atomic E-state index is 0.572. The first-order valence-corrected chi connectivity index (χ1v) is 8.09. The lowest BCUT2D eigenvalue weighted by Gasteiger charge is -2.21. The summed E-state index contributed by atoms with van der Waals surface area (Å²) in [6.45, 7) is 9.42. The van der Waals surface area contributed by atoms with Crippen LogP contribution in [-0.4, -0.2) is 18.0 Å². The van der Waals surface area contributed by atoms with E-state index < -0.39 is 0 Å². The van der Waals surface area contributed by atoms with Gasteiger partial charge in [-0.25, -0.2) is 0 Å². The van der Waals surface area contributed by atoms with Crippen molar-refractivity contribution in [1.82, 2.24) is 10.2 Å². The van der Waals surface area contributed by atoms with E-state index in [1.165, 1.54) is 22.3 Å². The fourth-order valence-corrected chi connectivity index (χ4v) is 2.48. The van der Waals surface area contributed by atoms with Crippen LogP contribution in [0.2, 0.25) is 0 Å². The summed E-state index contributed by atoms with van der Waals surface area (Å²) in [6.07, 6.45) is 0. The molecule has 0 aliphatic heterocycles. The van der Waals surface area contributed by atoms with Crippen LogP contribution >= 0.6 is 0 Å². The van der Waals surface area contributed by atoms with Gasteiger partial charge in [-0.05, 0) is 44.5 Å². The maximum Gasteiger partial charge on any atom is 0.0233 e. The van der Waals surface area contributed by atoms with E-state index in [4.69, 9.17) is 0 Å². The molecular weight excluding hydrogens is 268 g/mol. The number of hydrogen-bond donors (Lipinski definition) is 1. The second kappa shape index (κ2) is 8.11. The molecule has 2 nitrogen and oxygen atoms in total. The Hall–Kier alpha value is -1.64. The van der Waals surface area contributed by atoms with Gasteiger partial charge in [-0.1, -0.05) is 54.1 Å². The zero-order valence-corrected chi connectivity index (χ0v) is 14.3. The minimum atomic E-state index is 0.572. The largest absolute Gasteiger partial charge is 0.309 e. The van der Waals surface area contributed by atoms with Gasteiger partial charge in [-0.3, -0.25) is 4.90 Å². The molecule has 0 aromatic heterocycles. The average Bonchev–Trinajstić information content (AvgIpc) is 2.47. The minimum Gasteiger partial charge on any atom is -0.309 e. The molecule has 1 N–H and O–H groups in total. The zero-order chi connectivity index (χ0) is 15.9. The van der Waals surface area contributed by atoms with Gasteiger partial charge in [0.05, 0.1) is 0 Å². The van der Waals surface area contributed by atoms with Crippen LogP contribution in [0.1, 0.15) is 36.1 Å². The molecule has 22 heavy (non-hydrogen) atoms.